The highest BCUT2D eigenvalue weighted by molar-refractivity contribution is 7.26. The Hall–Kier alpha value is -6.49. The van der Waals surface area contributed by atoms with Crippen molar-refractivity contribution in [3.63, 3.8) is 0 Å². The van der Waals surface area contributed by atoms with Gasteiger partial charge >= 0.3 is 0 Å². The van der Waals surface area contributed by atoms with E-state index in [0.29, 0.717) is 0 Å². The van der Waals surface area contributed by atoms with Crippen molar-refractivity contribution >= 4 is 75.1 Å². The van der Waals surface area contributed by atoms with Gasteiger partial charge in [-0.15, -0.1) is 11.3 Å². The molecule has 51 heavy (non-hydrogen) atoms. The summed E-state index contributed by atoms with van der Waals surface area (Å²) in [6.45, 7) is 0. The number of aromatic nitrogens is 3. The van der Waals surface area contributed by atoms with Crippen LogP contribution in [0.3, 0.4) is 0 Å². The standard InChI is InChI=1S/C47H29N3S/c1-2-19-37(46-47-38(27-28-48-46)36-18-7-12-24-45(36)51-47)31(13-1)32-14-3-10-22-42(32)50-43-23-11-6-17-35(43)39-29-30(25-26-44(39)50)49-40-20-8-4-15-33(40)34-16-5-9-21-41(34)49/h1-29H. The number of nitrogens with zero attached hydrogens (tertiary/aromatic N) is 3. The molecule has 0 unspecified atom stereocenters. The average molecular weight is 668 g/mol. The van der Waals surface area contributed by atoms with Gasteiger partial charge in [-0.25, -0.2) is 0 Å². The average Bonchev–Trinajstić information content (AvgIpc) is 3.85. The molecule has 0 aliphatic rings. The number of fused-ring (bicyclic) bond motifs is 9. The molecule has 0 atom stereocenters. The van der Waals surface area contributed by atoms with E-state index in [2.05, 4.69) is 179 Å². The third kappa shape index (κ3) is 4.14. The second-order valence-electron chi connectivity index (χ2n) is 13.1. The van der Waals surface area contributed by atoms with Crippen LogP contribution < -0.4 is 0 Å². The van der Waals surface area contributed by atoms with Crippen LogP contribution in [0.25, 0.3) is 97.5 Å². The number of thiophene rings is 1. The van der Waals surface area contributed by atoms with Gasteiger partial charge in [-0.2, -0.15) is 0 Å². The van der Waals surface area contributed by atoms with Crippen LogP contribution >= 0.6 is 11.3 Å². The topological polar surface area (TPSA) is 22.8 Å². The summed E-state index contributed by atoms with van der Waals surface area (Å²) in [6.07, 6.45) is 1.96. The fraction of sp³-hybridized carbons (Fsp3) is 0. The monoisotopic (exact) mass is 667 g/mol. The van der Waals surface area contributed by atoms with E-state index >= 15 is 0 Å². The Kier molecular flexibility index (Phi) is 6.12. The maximum Gasteiger partial charge on any atom is 0.0886 e. The summed E-state index contributed by atoms with van der Waals surface area (Å²) < 4.78 is 7.35. The van der Waals surface area contributed by atoms with Crippen LogP contribution in [0.15, 0.2) is 176 Å². The highest BCUT2D eigenvalue weighted by Crippen LogP contribution is 2.44. The zero-order chi connectivity index (χ0) is 33.5. The van der Waals surface area contributed by atoms with Crippen molar-refractivity contribution in [3.8, 4) is 33.8 Å². The van der Waals surface area contributed by atoms with Crippen LogP contribution in [0.4, 0.5) is 0 Å². The molecule has 0 saturated carbocycles. The molecule has 0 bridgehead atoms. The van der Waals surface area contributed by atoms with Gasteiger partial charge in [0.15, 0.2) is 0 Å². The third-order valence-corrected chi connectivity index (χ3v) is 11.6. The first-order valence-electron chi connectivity index (χ1n) is 17.3. The second kappa shape index (κ2) is 11.0. The number of hydrogen-bond acceptors (Lipinski definition) is 2. The summed E-state index contributed by atoms with van der Waals surface area (Å²) in [5.74, 6) is 0. The molecular weight excluding hydrogens is 639 g/mol. The van der Waals surface area contributed by atoms with Gasteiger partial charge in [0, 0.05) is 60.0 Å². The fourth-order valence-corrected chi connectivity index (χ4v) is 9.43. The quantitative estimate of drug-likeness (QED) is 0.183. The number of benzene rings is 7. The Bertz CT molecular complexity index is 3100. The molecular formula is C47H29N3S. The molecule has 238 valence electrons. The minimum absolute atomic E-state index is 1.03. The molecule has 4 heteroatoms. The first kappa shape index (κ1) is 28.4. The summed E-state index contributed by atoms with van der Waals surface area (Å²) in [7, 11) is 0. The highest BCUT2D eigenvalue weighted by atomic mass is 32.1. The molecule has 7 aromatic carbocycles. The minimum atomic E-state index is 1.03. The lowest BCUT2D eigenvalue weighted by Gasteiger charge is -2.17. The van der Waals surface area contributed by atoms with Crippen molar-refractivity contribution in [1.29, 1.82) is 0 Å². The normalized spacial score (nSPS) is 11.9. The predicted molar refractivity (Wildman–Crippen MR) is 217 cm³/mol. The molecule has 0 spiro atoms. The zero-order valence-corrected chi connectivity index (χ0v) is 28.3. The van der Waals surface area contributed by atoms with Crippen molar-refractivity contribution in [2.75, 3.05) is 0 Å². The van der Waals surface area contributed by atoms with Crippen molar-refractivity contribution in [2.24, 2.45) is 0 Å². The Morgan fingerprint density at radius 3 is 1.69 bits per heavy atom. The van der Waals surface area contributed by atoms with E-state index in [1.165, 1.54) is 74.9 Å². The smallest absolute Gasteiger partial charge is 0.0886 e. The van der Waals surface area contributed by atoms with Gasteiger partial charge in [-0.05, 0) is 60.2 Å². The van der Waals surface area contributed by atoms with E-state index in [-0.39, 0.29) is 0 Å². The van der Waals surface area contributed by atoms with Crippen molar-refractivity contribution < 1.29 is 0 Å². The maximum atomic E-state index is 5.03. The molecule has 4 heterocycles. The molecule has 0 radical (unpaired) electrons. The van der Waals surface area contributed by atoms with Crippen molar-refractivity contribution in [2.45, 2.75) is 0 Å². The van der Waals surface area contributed by atoms with E-state index < -0.39 is 0 Å². The maximum absolute atomic E-state index is 5.03. The molecule has 0 aliphatic heterocycles. The zero-order valence-electron chi connectivity index (χ0n) is 27.5. The molecule has 0 N–H and O–H groups in total. The summed E-state index contributed by atoms with van der Waals surface area (Å²) in [6, 6.07) is 61.6. The van der Waals surface area contributed by atoms with E-state index in [4.69, 9.17) is 4.98 Å². The number of pyridine rings is 1. The largest absolute Gasteiger partial charge is 0.309 e. The lowest BCUT2D eigenvalue weighted by molar-refractivity contribution is 1.17. The number of para-hydroxylation sites is 4. The Morgan fingerprint density at radius 2 is 0.941 bits per heavy atom. The molecule has 0 amide bonds. The van der Waals surface area contributed by atoms with Crippen LogP contribution in [0, 0.1) is 0 Å². The predicted octanol–water partition coefficient (Wildman–Crippen LogP) is 13.0. The van der Waals surface area contributed by atoms with E-state index in [0.717, 1.165) is 22.6 Å². The van der Waals surface area contributed by atoms with Crippen LogP contribution in [-0.4, -0.2) is 14.1 Å². The van der Waals surface area contributed by atoms with Crippen molar-refractivity contribution in [1.82, 2.24) is 14.1 Å². The van der Waals surface area contributed by atoms with Gasteiger partial charge < -0.3 is 9.13 Å². The van der Waals surface area contributed by atoms with Gasteiger partial charge in [-0.3, -0.25) is 4.98 Å². The first-order chi connectivity index (χ1) is 25.3. The van der Waals surface area contributed by atoms with Crippen LogP contribution in [0.5, 0.6) is 0 Å². The lowest BCUT2D eigenvalue weighted by Crippen LogP contribution is -1.99. The van der Waals surface area contributed by atoms with Gasteiger partial charge in [0.25, 0.3) is 0 Å². The van der Waals surface area contributed by atoms with Crippen LogP contribution in [-0.2, 0) is 0 Å². The Labute approximate surface area is 297 Å². The molecule has 3 nitrogen and oxygen atoms in total. The van der Waals surface area contributed by atoms with E-state index in [1.807, 2.05) is 17.5 Å². The molecule has 0 fully saturated rings. The SMILES string of the molecule is c1ccc(-c2nccc3c2sc2ccccc23)c(-c2ccccc2-n2c3ccccc3c3cc(-n4c5ccccc5c5ccccc54)ccc32)c1. The van der Waals surface area contributed by atoms with Gasteiger partial charge in [0.05, 0.1) is 38.1 Å². The summed E-state index contributed by atoms with van der Waals surface area (Å²) in [5.41, 5.74) is 11.6. The first-order valence-corrected chi connectivity index (χ1v) is 18.1. The van der Waals surface area contributed by atoms with E-state index in [9.17, 15) is 0 Å². The molecule has 0 saturated heterocycles. The van der Waals surface area contributed by atoms with Crippen LogP contribution in [0.1, 0.15) is 0 Å². The van der Waals surface area contributed by atoms with Crippen LogP contribution in [0.2, 0.25) is 0 Å². The Balaban J connectivity index is 1.15. The van der Waals surface area contributed by atoms with Crippen molar-refractivity contribution in [3.05, 3.63) is 176 Å². The molecule has 11 aromatic rings. The highest BCUT2D eigenvalue weighted by Gasteiger charge is 2.20. The third-order valence-electron chi connectivity index (χ3n) is 10.4. The summed E-state index contributed by atoms with van der Waals surface area (Å²) in [4.78, 5) is 5.03. The number of rotatable bonds is 4. The molecule has 11 rings (SSSR count). The lowest BCUT2D eigenvalue weighted by atomic mass is 9.95. The summed E-state index contributed by atoms with van der Waals surface area (Å²) >= 11 is 1.82. The van der Waals surface area contributed by atoms with Gasteiger partial charge in [-0.1, -0.05) is 115 Å². The summed E-state index contributed by atoms with van der Waals surface area (Å²) in [5, 5.41) is 7.53. The van der Waals surface area contributed by atoms with Gasteiger partial charge in [0.2, 0.25) is 0 Å². The number of hydrogen-bond donors (Lipinski definition) is 0. The minimum Gasteiger partial charge on any atom is -0.309 e. The second-order valence-corrected chi connectivity index (χ2v) is 14.2. The van der Waals surface area contributed by atoms with Gasteiger partial charge in [0.1, 0.15) is 0 Å². The van der Waals surface area contributed by atoms with E-state index in [1.54, 1.807) is 0 Å². The molecule has 4 aromatic heterocycles. The molecule has 0 aliphatic carbocycles. The fourth-order valence-electron chi connectivity index (χ4n) is 8.22. The Morgan fingerprint density at radius 1 is 0.392 bits per heavy atom.